The topological polar surface area (TPSA) is 53.4 Å². The minimum absolute atomic E-state index is 0.0186. The molecule has 6 nitrogen and oxygen atoms in total. The van der Waals surface area contributed by atoms with E-state index in [0.717, 1.165) is 32.5 Å². The Balaban J connectivity index is 1.56. The van der Waals surface area contributed by atoms with Gasteiger partial charge in [0.05, 0.1) is 6.04 Å². The summed E-state index contributed by atoms with van der Waals surface area (Å²) in [5.74, 6) is 0.0186. The van der Waals surface area contributed by atoms with E-state index < -0.39 is 0 Å². The average Bonchev–Trinajstić information content (AvgIpc) is 3.12. The Hall–Kier alpha value is -2.34. The lowest BCUT2D eigenvalue weighted by atomic mass is 10.1. The lowest BCUT2D eigenvalue weighted by Crippen LogP contribution is -2.42. The van der Waals surface area contributed by atoms with E-state index in [9.17, 15) is 4.79 Å². The van der Waals surface area contributed by atoms with Crippen molar-refractivity contribution in [2.75, 3.05) is 31.6 Å². The monoisotopic (exact) mass is 353 g/mol. The molecule has 1 N–H and O–H groups in total. The second kappa shape index (κ2) is 7.11. The molecule has 0 saturated carbocycles. The molecule has 2 unspecified atom stereocenters. The molecule has 2 aliphatic heterocycles. The summed E-state index contributed by atoms with van der Waals surface area (Å²) in [6.07, 6.45) is 4.22. The van der Waals surface area contributed by atoms with Gasteiger partial charge in [-0.3, -0.25) is 9.48 Å². The summed E-state index contributed by atoms with van der Waals surface area (Å²) in [6, 6.07) is 10.7. The van der Waals surface area contributed by atoms with Crippen molar-refractivity contribution in [3.63, 3.8) is 0 Å². The fourth-order valence-corrected chi connectivity index (χ4v) is 4.08. The number of rotatable bonds is 2. The second-order valence-corrected chi connectivity index (χ2v) is 7.47. The van der Waals surface area contributed by atoms with Crippen molar-refractivity contribution >= 4 is 11.6 Å². The van der Waals surface area contributed by atoms with Crippen molar-refractivity contribution < 1.29 is 4.79 Å². The van der Waals surface area contributed by atoms with E-state index in [1.807, 2.05) is 27.9 Å². The Labute approximate surface area is 154 Å². The predicted octanol–water partition coefficient (Wildman–Crippen LogP) is 2.29. The molecule has 138 valence electrons. The second-order valence-electron chi connectivity index (χ2n) is 7.47. The molecule has 2 atom stereocenters. The molecule has 0 radical (unpaired) electrons. The zero-order chi connectivity index (χ0) is 18.1. The standard InChI is InChI=1S/C20H27N5O/c1-15-13-23(2)19-8-4-3-6-16(19)14-24(15)20(26)18-9-11-25(22-18)17-7-5-10-21-12-17/h3-4,6,8-9,11,15,17,21H,5,7,10,12-14H2,1-2H3. The highest BCUT2D eigenvalue weighted by molar-refractivity contribution is 5.92. The van der Waals surface area contributed by atoms with Crippen molar-refractivity contribution in [1.82, 2.24) is 20.0 Å². The fraction of sp³-hybridized carbons (Fsp3) is 0.500. The largest absolute Gasteiger partial charge is 0.372 e. The van der Waals surface area contributed by atoms with Crippen LogP contribution in [0, 0.1) is 0 Å². The number of para-hydroxylation sites is 1. The van der Waals surface area contributed by atoms with Crippen LogP contribution in [0.5, 0.6) is 0 Å². The summed E-state index contributed by atoms with van der Waals surface area (Å²) < 4.78 is 1.96. The first-order chi connectivity index (χ1) is 12.6. The third-order valence-corrected chi connectivity index (χ3v) is 5.55. The number of amides is 1. The molecule has 0 aliphatic carbocycles. The van der Waals surface area contributed by atoms with E-state index in [0.29, 0.717) is 18.3 Å². The Morgan fingerprint density at radius 1 is 1.27 bits per heavy atom. The summed E-state index contributed by atoms with van der Waals surface area (Å²) in [6.45, 7) is 5.55. The summed E-state index contributed by atoms with van der Waals surface area (Å²) >= 11 is 0. The highest BCUT2D eigenvalue weighted by Gasteiger charge is 2.29. The van der Waals surface area contributed by atoms with Crippen molar-refractivity contribution in [1.29, 1.82) is 0 Å². The number of benzene rings is 1. The third-order valence-electron chi connectivity index (χ3n) is 5.55. The van der Waals surface area contributed by atoms with Crippen LogP contribution in [-0.4, -0.2) is 53.3 Å². The van der Waals surface area contributed by atoms with Crippen LogP contribution < -0.4 is 10.2 Å². The van der Waals surface area contributed by atoms with E-state index in [2.05, 4.69) is 47.5 Å². The molecule has 2 aromatic rings. The van der Waals surface area contributed by atoms with Crippen LogP contribution in [0.2, 0.25) is 0 Å². The van der Waals surface area contributed by atoms with Gasteiger partial charge >= 0.3 is 0 Å². The van der Waals surface area contributed by atoms with Gasteiger partial charge in [0.1, 0.15) is 5.69 Å². The first-order valence-electron chi connectivity index (χ1n) is 9.49. The Bertz CT molecular complexity index is 780. The number of aromatic nitrogens is 2. The zero-order valence-electron chi connectivity index (χ0n) is 15.6. The number of anilines is 1. The number of carbonyl (C=O) groups is 1. The number of fused-ring (bicyclic) bond motifs is 1. The van der Waals surface area contributed by atoms with Crippen molar-refractivity contribution in [3.05, 3.63) is 47.8 Å². The smallest absolute Gasteiger partial charge is 0.274 e. The van der Waals surface area contributed by atoms with E-state index in [1.165, 1.54) is 11.3 Å². The van der Waals surface area contributed by atoms with Gasteiger partial charge in [0.25, 0.3) is 5.91 Å². The van der Waals surface area contributed by atoms with Gasteiger partial charge < -0.3 is 15.1 Å². The molecule has 1 amide bonds. The van der Waals surface area contributed by atoms with Crippen LogP contribution in [0.4, 0.5) is 5.69 Å². The Kier molecular flexibility index (Phi) is 4.68. The number of nitrogens with zero attached hydrogens (tertiary/aromatic N) is 4. The first kappa shape index (κ1) is 17.1. The van der Waals surface area contributed by atoms with E-state index in [-0.39, 0.29) is 11.9 Å². The molecule has 1 aromatic heterocycles. The van der Waals surface area contributed by atoms with Crippen molar-refractivity contribution in [2.24, 2.45) is 0 Å². The SMILES string of the molecule is CC1CN(C)c2ccccc2CN1C(=O)c1ccn(C2CCCNC2)n1. The number of likely N-dealkylation sites (N-methyl/N-ethyl adjacent to an activating group) is 1. The molecule has 1 saturated heterocycles. The molecule has 0 spiro atoms. The number of piperidine rings is 1. The van der Waals surface area contributed by atoms with Gasteiger partial charge in [-0.2, -0.15) is 5.10 Å². The van der Waals surface area contributed by atoms with Gasteiger partial charge in [-0.05, 0) is 44.0 Å². The molecule has 1 fully saturated rings. The molecule has 3 heterocycles. The summed E-state index contributed by atoms with van der Waals surface area (Å²) in [5, 5.41) is 8.03. The minimum atomic E-state index is 0.0186. The highest BCUT2D eigenvalue weighted by Crippen LogP contribution is 2.27. The van der Waals surface area contributed by atoms with E-state index >= 15 is 0 Å². The van der Waals surface area contributed by atoms with Crippen molar-refractivity contribution in [3.8, 4) is 0 Å². The number of carbonyl (C=O) groups excluding carboxylic acids is 1. The van der Waals surface area contributed by atoms with Gasteiger partial charge in [0.15, 0.2) is 0 Å². The lowest BCUT2D eigenvalue weighted by molar-refractivity contribution is 0.0679. The fourth-order valence-electron chi connectivity index (χ4n) is 4.08. The van der Waals surface area contributed by atoms with Crippen LogP contribution in [0.25, 0.3) is 0 Å². The maximum Gasteiger partial charge on any atom is 0.274 e. The molecular formula is C20H27N5O. The molecule has 4 rings (SSSR count). The molecular weight excluding hydrogens is 326 g/mol. The van der Waals surface area contributed by atoms with Crippen LogP contribution in [0.3, 0.4) is 0 Å². The van der Waals surface area contributed by atoms with E-state index in [4.69, 9.17) is 0 Å². The average molecular weight is 353 g/mol. The summed E-state index contributed by atoms with van der Waals surface area (Å²) in [4.78, 5) is 17.4. The molecule has 2 aliphatic rings. The lowest BCUT2D eigenvalue weighted by Gasteiger charge is -2.28. The molecule has 26 heavy (non-hydrogen) atoms. The highest BCUT2D eigenvalue weighted by atomic mass is 16.2. The van der Waals surface area contributed by atoms with Gasteiger partial charge in [-0.15, -0.1) is 0 Å². The Morgan fingerprint density at radius 2 is 2.12 bits per heavy atom. The number of hydrogen-bond donors (Lipinski definition) is 1. The normalized spacial score (nSPS) is 23.5. The predicted molar refractivity (Wildman–Crippen MR) is 102 cm³/mol. The molecule has 6 heteroatoms. The van der Waals surface area contributed by atoms with Crippen LogP contribution in [-0.2, 0) is 6.54 Å². The molecule has 1 aromatic carbocycles. The number of nitrogens with one attached hydrogen (secondary N) is 1. The third kappa shape index (κ3) is 3.21. The van der Waals surface area contributed by atoms with Gasteiger partial charge in [0.2, 0.25) is 0 Å². The number of hydrogen-bond acceptors (Lipinski definition) is 4. The quantitative estimate of drug-likeness (QED) is 0.900. The van der Waals surface area contributed by atoms with Crippen LogP contribution in [0.15, 0.2) is 36.5 Å². The van der Waals surface area contributed by atoms with Gasteiger partial charge in [0, 0.05) is 44.6 Å². The van der Waals surface area contributed by atoms with Gasteiger partial charge in [-0.1, -0.05) is 18.2 Å². The van der Waals surface area contributed by atoms with Gasteiger partial charge in [-0.25, -0.2) is 0 Å². The van der Waals surface area contributed by atoms with Crippen molar-refractivity contribution in [2.45, 2.75) is 38.4 Å². The maximum absolute atomic E-state index is 13.2. The zero-order valence-corrected chi connectivity index (χ0v) is 15.6. The summed E-state index contributed by atoms with van der Waals surface area (Å²) in [7, 11) is 2.09. The van der Waals surface area contributed by atoms with Crippen LogP contribution in [0.1, 0.15) is 41.9 Å². The summed E-state index contributed by atoms with van der Waals surface area (Å²) in [5.41, 5.74) is 2.93. The maximum atomic E-state index is 13.2. The first-order valence-corrected chi connectivity index (χ1v) is 9.49. The van der Waals surface area contributed by atoms with E-state index in [1.54, 1.807) is 0 Å². The Morgan fingerprint density at radius 3 is 2.92 bits per heavy atom. The molecule has 0 bridgehead atoms. The van der Waals surface area contributed by atoms with Crippen LogP contribution >= 0.6 is 0 Å². The minimum Gasteiger partial charge on any atom is -0.372 e.